The molecule has 0 aliphatic carbocycles. The van der Waals surface area contributed by atoms with Crippen molar-refractivity contribution in [2.45, 2.75) is 50.7 Å². The molecule has 0 saturated carbocycles. The Balaban J connectivity index is 1.25. The summed E-state index contributed by atoms with van der Waals surface area (Å²) < 4.78 is 5.18. The van der Waals surface area contributed by atoms with Crippen molar-refractivity contribution in [2.75, 3.05) is 19.6 Å². The van der Waals surface area contributed by atoms with Crippen LogP contribution in [0.15, 0.2) is 60.7 Å². The third-order valence-electron chi connectivity index (χ3n) is 5.69. The second kappa shape index (κ2) is 12.1. The minimum atomic E-state index is -0.396. The third-order valence-corrected chi connectivity index (χ3v) is 5.69. The van der Waals surface area contributed by atoms with Crippen molar-refractivity contribution in [1.29, 1.82) is 0 Å². The van der Waals surface area contributed by atoms with Gasteiger partial charge in [0, 0.05) is 19.5 Å². The number of hydrogen-bond donors (Lipinski definition) is 3. The molecular formula is C25H33N3O3. The maximum atomic E-state index is 12.5. The lowest BCUT2D eigenvalue weighted by molar-refractivity contribution is -0.122. The van der Waals surface area contributed by atoms with E-state index < -0.39 is 6.09 Å². The van der Waals surface area contributed by atoms with Gasteiger partial charge in [-0.3, -0.25) is 4.79 Å². The minimum Gasteiger partial charge on any atom is -0.445 e. The average molecular weight is 424 g/mol. The fourth-order valence-electron chi connectivity index (χ4n) is 4.02. The first kappa shape index (κ1) is 22.8. The third kappa shape index (κ3) is 7.40. The van der Waals surface area contributed by atoms with E-state index in [0.29, 0.717) is 19.5 Å². The van der Waals surface area contributed by atoms with Crippen molar-refractivity contribution in [1.82, 2.24) is 16.0 Å². The Kier molecular flexibility index (Phi) is 8.91. The van der Waals surface area contributed by atoms with Crippen molar-refractivity contribution in [3.8, 4) is 0 Å². The van der Waals surface area contributed by atoms with Crippen molar-refractivity contribution in [2.24, 2.45) is 0 Å². The predicted octanol–water partition coefficient (Wildman–Crippen LogP) is 3.87. The van der Waals surface area contributed by atoms with Crippen molar-refractivity contribution in [3.05, 3.63) is 71.8 Å². The molecule has 1 aliphatic rings. The number of nitrogens with one attached hydrogen (secondary N) is 3. The maximum absolute atomic E-state index is 12.5. The normalized spacial score (nSPS) is 17.8. The van der Waals surface area contributed by atoms with Crippen LogP contribution in [0.3, 0.4) is 0 Å². The molecule has 1 aliphatic heterocycles. The summed E-state index contributed by atoms with van der Waals surface area (Å²) in [6.07, 6.45) is 4.81. The molecule has 2 amide bonds. The van der Waals surface area contributed by atoms with Crippen molar-refractivity contribution >= 4 is 12.0 Å². The molecule has 6 nitrogen and oxygen atoms in total. The van der Waals surface area contributed by atoms with E-state index in [1.165, 1.54) is 5.56 Å². The van der Waals surface area contributed by atoms with Gasteiger partial charge < -0.3 is 20.7 Å². The van der Waals surface area contributed by atoms with Gasteiger partial charge in [0.2, 0.25) is 5.91 Å². The zero-order chi connectivity index (χ0) is 21.8. The fourth-order valence-corrected chi connectivity index (χ4v) is 4.02. The zero-order valence-electron chi connectivity index (χ0n) is 18.1. The molecule has 2 aromatic rings. The molecule has 0 spiro atoms. The van der Waals surface area contributed by atoms with Crippen LogP contribution < -0.4 is 16.0 Å². The van der Waals surface area contributed by atoms with Crippen LogP contribution in [-0.2, 0) is 21.7 Å². The molecule has 1 atom stereocenters. The Bertz CT molecular complexity index is 805. The van der Waals surface area contributed by atoms with E-state index in [-0.39, 0.29) is 18.1 Å². The number of carbonyl (C=O) groups excluding carboxylic acids is 2. The van der Waals surface area contributed by atoms with Gasteiger partial charge in [0.05, 0.1) is 5.54 Å². The van der Waals surface area contributed by atoms with Gasteiger partial charge in [-0.05, 0) is 49.8 Å². The summed E-state index contributed by atoms with van der Waals surface area (Å²) in [5.41, 5.74) is 1.91. The van der Waals surface area contributed by atoms with Crippen LogP contribution in [0.5, 0.6) is 0 Å². The number of alkyl carbamates (subject to hydrolysis) is 1. The summed E-state index contributed by atoms with van der Waals surface area (Å²) in [6, 6.07) is 19.9. The van der Waals surface area contributed by atoms with Gasteiger partial charge >= 0.3 is 6.09 Å². The molecule has 1 heterocycles. The first-order chi connectivity index (χ1) is 15.2. The van der Waals surface area contributed by atoms with E-state index in [1.807, 2.05) is 48.5 Å². The molecular weight excluding hydrogens is 390 g/mol. The SMILES string of the molecule is O=C(CC1(c2ccccc2)CCCN1)NCCCCCNC(=O)OCc1ccccc1. The summed E-state index contributed by atoms with van der Waals surface area (Å²) in [5, 5.41) is 9.37. The molecule has 1 saturated heterocycles. The number of unbranched alkanes of at least 4 members (excludes halogenated alkanes) is 2. The molecule has 0 radical (unpaired) electrons. The predicted molar refractivity (Wildman–Crippen MR) is 121 cm³/mol. The lowest BCUT2D eigenvalue weighted by atomic mass is 9.85. The monoisotopic (exact) mass is 423 g/mol. The van der Waals surface area contributed by atoms with E-state index in [9.17, 15) is 9.59 Å². The molecule has 3 rings (SSSR count). The van der Waals surface area contributed by atoms with Gasteiger partial charge in [0.25, 0.3) is 0 Å². The number of benzene rings is 2. The molecule has 166 valence electrons. The van der Waals surface area contributed by atoms with Gasteiger partial charge in [-0.2, -0.15) is 0 Å². The topological polar surface area (TPSA) is 79.5 Å². The van der Waals surface area contributed by atoms with Gasteiger partial charge in [-0.15, -0.1) is 0 Å². The smallest absolute Gasteiger partial charge is 0.407 e. The molecule has 31 heavy (non-hydrogen) atoms. The molecule has 1 unspecified atom stereocenters. The Morgan fingerprint density at radius 3 is 2.26 bits per heavy atom. The summed E-state index contributed by atoms with van der Waals surface area (Å²) in [4.78, 5) is 24.2. The highest BCUT2D eigenvalue weighted by atomic mass is 16.5. The van der Waals surface area contributed by atoms with Crippen LogP contribution in [0.4, 0.5) is 4.79 Å². The van der Waals surface area contributed by atoms with Crippen LogP contribution in [0.25, 0.3) is 0 Å². The Labute approximate surface area is 184 Å². The Morgan fingerprint density at radius 1 is 0.903 bits per heavy atom. The summed E-state index contributed by atoms with van der Waals surface area (Å²) in [5.74, 6) is 0.0841. The second-order valence-corrected chi connectivity index (χ2v) is 8.05. The molecule has 0 aromatic heterocycles. The largest absolute Gasteiger partial charge is 0.445 e. The van der Waals surface area contributed by atoms with Crippen LogP contribution >= 0.6 is 0 Å². The standard InChI is InChI=1S/C25H33N3O3/c29-23(19-25(15-10-18-28-25)22-13-6-2-7-14-22)26-16-8-3-9-17-27-24(30)31-20-21-11-4-1-5-12-21/h1-2,4-7,11-14,28H,3,8-10,15-20H2,(H,26,29)(H,27,30). The number of ether oxygens (including phenoxy) is 1. The van der Waals surface area contributed by atoms with E-state index >= 15 is 0 Å². The lowest BCUT2D eigenvalue weighted by Gasteiger charge is -2.29. The van der Waals surface area contributed by atoms with Gasteiger partial charge in [-0.1, -0.05) is 60.7 Å². The fraction of sp³-hybridized carbons (Fsp3) is 0.440. The van der Waals surface area contributed by atoms with Gasteiger partial charge in [0.1, 0.15) is 6.61 Å². The number of amides is 2. The van der Waals surface area contributed by atoms with E-state index in [4.69, 9.17) is 4.74 Å². The van der Waals surface area contributed by atoms with Crippen LogP contribution in [-0.4, -0.2) is 31.6 Å². The molecule has 3 N–H and O–H groups in total. The summed E-state index contributed by atoms with van der Waals surface area (Å²) >= 11 is 0. The first-order valence-electron chi connectivity index (χ1n) is 11.2. The van der Waals surface area contributed by atoms with Crippen LogP contribution in [0, 0.1) is 0 Å². The van der Waals surface area contributed by atoms with Gasteiger partial charge in [0.15, 0.2) is 0 Å². The maximum Gasteiger partial charge on any atom is 0.407 e. The average Bonchev–Trinajstić information content (AvgIpc) is 3.28. The minimum absolute atomic E-state index is 0.0841. The molecule has 2 aromatic carbocycles. The van der Waals surface area contributed by atoms with E-state index in [1.54, 1.807) is 0 Å². The van der Waals surface area contributed by atoms with E-state index in [2.05, 4.69) is 28.1 Å². The Hall–Kier alpha value is -2.86. The first-order valence-corrected chi connectivity index (χ1v) is 11.2. The summed E-state index contributed by atoms with van der Waals surface area (Å²) in [7, 11) is 0. The highest BCUT2D eigenvalue weighted by Gasteiger charge is 2.37. The second-order valence-electron chi connectivity index (χ2n) is 8.05. The highest BCUT2D eigenvalue weighted by molar-refractivity contribution is 5.77. The van der Waals surface area contributed by atoms with Crippen molar-refractivity contribution in [3.63, 3.8) is 0 Å². The highest BCUT2D eigenvalue weighted by Crippen LogP contribution is 2.34. The quantitative estimate of drug-likeness (QED) is 0.480. The van der Waals surface area contributed by atoms with E-state index in [0.717, 1.165) is 44.2 Å². The van der Waals surface area contributed by atoms with Gasteiger partial charge in [-0.25, -0.2) is 4.79 Å². The Morgan fingerprint density at radius 2 is 1.58 bits per heavy atom. The number of hydrogen-bond acceptors (Lipinski definition) is 4. The number of rotatable bonds is 11. The van der Waals surface area contributed by atoms with Crippen LogP contribution in [0.1, 0.15) is 49.7 Å². The molecule has 1 fully saturated rings. The number of carbonyl (C=O) groups is 2. The van der Waals surface area contributed by atoms with Crippen LogP contribution in [0.2, 0.25) is 0 Å². The summed E-state index contributed by atoms with van der Waals surface area (Å²) in [6.45, 7) is 2.45. The molecule has 0 bridgehead atoms. The lowest BCUT2D eigenvalue weighted by Crippen LogP contribution is -2.42. The van der Waals surface area contributed by atoms with Crippen molar-refractivity contribution < 1.29 is 14.3 Å². The zero-order valence-corrected chi connectivity index (χ0v) is 18.1. The molecule has 6 heteroatoms.